The van der Waals surface area contributed by atoms with Crippen LogP contribution in [0.25, 0.3) is 0 Å². The Morgan fingerprint density at radius 2 is 1.75 bits per heavy atom. The standard InChI is InChI=1S/C13H21N2O3P.Na/c1-11(16)15(4)13(12-8-6-5-7-9-12)19(17,18)10-14(2)3;/h5-9,13H,10H2,1-4H3,(H,17,18);/q;+1/p-1. The minimum Gasteiger partial charge on any atom is -0.797 e. The van der Waals surface area contributed by atoms with E-state index in [4.69, 9.17) is 0 Å². The number of carbonyl (C=O) groups is 1. The monoisotopic (exact) mass is 306 g/mol. The second-order valence-corrected chi connectivity index (χ2v) is 7.09. The average molecular weight is 306 g/mol. The molecular formula is C13H20N2NaO3P. The predicted molar refractivity (Wildman–Crippen MR) is 73.8 cm³/mol. The molecule has 0 spiro atoms. The zero-order valence-electron chi connectivity index (χ0n) is 12.7. The number of hydrogen-bond acceptors (Lipinski definition) is 4. The third kappa shape index (κ3) is 5.32. The van der Waals surface area contributed by atoms with Crippen molar-refractivity contribution in [1.82, 2.24) is 9.80 Å². The van der Waals surface area contributed by atoms with E-state index in [9.17, 15) is 14.3 Å². The summed E-state index contributed by atoms with van der Waals surface area (Å²) in [5, 5.41) is 0. The summed E-state index contributed by atoms with van der Waals surface area (Å²) in [7, 11) is 1.09. The Bertz CT molecular complexity index is 482. The number of hydrogen-bond donors (Lipinski definition) is 0. The van der Waals surface area contributed by atoms with E-state index in [-0.39, 0.29) is 41.8 Å². The molecule has 5 nitrogen and oxygen atoms in total. The molecule has 0 fully saturated rings. The van der Waals surface area contributed by atoms with E-state index in [1.807, 2.05) is 6.07 Å². The summed E-state index contributed by atoms with van der Waals surface area (Å²) in [5.74, 6) is -1.20. The van der Waals surface area contributed by atoms with Crippen LogP contribution in [0, 0.1) is 0 Å². The van der Waals surface area contributed by atoms with Crippen molar-refractivity contribution >= 4 is 13.3 Å². The quantitative estimate of drug-likeness (QED) is 0.482. The normalized spacial score (nSPS) is 15.1. The number of carbonyl (C=O) groups excluding carboxylic acids is 1. The van der Waals surface area contributed by atoms with E-state index < -0.39 is 13.2 Å². The summed E-state index contributed by atoms with van der Waals surface area (Å²) in [6.45, 7) is 1.37. The van der Waals surface area contributed by atoms with Crippen molar-refractivity contribution in [3.8, 4) is 0 Å². The van der Waals surface area contributed by atoms with Crippen LogP contribution in [0.2, 0.25) is 0 Å². The van der Waals surface area contributed by atoms with Gasteiger partial charge in [-0.2, -0.15) is 0 Å². The molecule has 1 aromatic rings. The molecule has 0 saturated carbocycles. The van der Waals surface area contributed by atoms with Crippen LogP contribution in [-0.4, -0.2) is 43.1 Å². The Balaban J connectivity index is 0.00000361. The van der Waals surface area contributed by atoms with Crippen LogP contribution >= 0.6 is 7.37 Å². The smallest absolute Gasteiger partial charge is 0.797 e. The second kappa shape index (κ2) is 8.32. The zero-order valence-corrected chi connectivity index (χ0v) is 15.6. The number of rotatable bonds is 5. The zero-order chi connectivity index (χ0) is 14.6. The van der Waals surface area contributed by atoms with Gasteiger partial charge in [-0.05, 0) is 19.7 Å². The minimum absolute atomic E-state index is 0. The molecule has 1 rings (SSSR count). The maximum atomic E-state index is 12.5. The first-order valence-electron chi connectivity index (χ1n) is 5.98. The summed E-state index contributed by atoms with van der Waals surface area (Å²) in [6.07, 6.45) is -0.0792. The van der Waals surface area contributed by atoms with Gasteiger partial charge in [0.1, 0.15) is 0 Å². The van der Waals surface area contributed by atoms with Gasteiger partial charge in [0.05, 0.1) is 13.2 Å². The van der Waals surface area contributed by atoms with Crippen molar-refractivity contribution in [2.75, 3.05) is 27.4 Å². The molecule has 0 saturated heterocycles. The van der Waals surface area contributed by atoms with Crippen LogP contribution in [-0.2, 0) is 9.36 Å². The van der Waals surface area contributed by atoms with Gasteiger partial charge in [-0.3, -0.25) is 4.79 Å². The molecule has 106 valence electrons. The maximum absolute atomic E-state index is 12.5. The van der Waals surface area contributed by atoms with Gasteiger partial charge in [-0.25, -0.2) is 0 Å². The van der Waals surface area contributed by atoms with E-state index >= 15 is 0 Å². The molecule has 20 heavy (non-hydrogen) atoms. The van der Waals surface area contributed by atoms with Crippen LogP contribution in [0.3, 0.4) is 0 Å². The Labute approximate surface area is 142 Å². The van der Waals surface area contributed by atoms with Crippen molar-refractivity contribution in [3.63, 3.8) is 0 Å². The molecule has 0 aliphatic rings. The van der Waals surface area contributed by atoms with Gasteiger partial charge in [0, 0.05) is 20.3 Å². The molecule has 0 aromatic heterocycles. The Morgan fingerprint density at radius 1 is 1.25 bits per heavy atom. The fraction of sp³-hybridized carbons (Fsp3) is 0.462. The Kier molecular flexibility index (Phi) is 8.26. The summed E-state index contributed by atoms with van der Waals surface area (Å²) < 4.78 is 12.5. The first kappa shape index (κ1) is 19.8. The van der Waals surface area contributed by atoms with Crippen molar-refractivity contribution in [2.24, 2.45) is 0 Å². The first-order chi connectivity index (χ1) is 8.75. The fourth-order valence-corrected chi connectivity index (χ4v) is 4.24. The molecule has 0 bridgehead atoms. The third-order valence-corrected chi connectivity index (χ3v) is 5.16. The second-order valence-electron chi connectivity index (χ2n) is 4.86. The topological polar surface area (TPSA) is 63.7 Å². The first-order valence-corrected chi connectivity index (χ1v) is 7.86. The van der Waals surface area contributed by atoms with Gasteiger partial charge < -0.3 is 19.3 Å². The van der Waals surface area contributed by atoms with Gasteiger partial charge in [-0.15, -0.1) is 0 Å². The summed E-state index contributed by atoms with van der Waals surface area (Å²) >= 11 is 0. The van der Waals surface area contributed by atoms with Gasteiger partial charge in [0.25, 0.3) is 0 Å². The van der Waals surface area contributed by atoms with E-state index in [1.165, 1.54) is 18.9 Å². The molecule has 7 heteroatoms. The maximum Gasteiger partial charge on any atom is 1.00 e. The van der Waals surface area contributed by atoms with Gasteiger partial charge in [0.2, 0.25) is 5.91 Å². The number of nitrogens with zero attached hydrogens (tertiary/aromatic N) is 2. The van der Waals surface area contributed by atoms with Crippen molar-refractivity contribution in [1.29, 1.82) is 0 Å². The van der Waals surface area contributed by atoms with E-state index in [0.29, 0.717) is 5.56 Å². The minimum atomic E-state index is -3.81. The fourth-order valence-electron chi connectivity index (χ4n) is 1.98. The molecule has 2 unspecified atom stereocenters. The molecule has 2 atom stereocenters. The number of amides is 1. The van der Waals surface area contributed by atoms with Crippen molar-refractivity contribution in [3.05, 3.63) is 35.9 Å². The molecular weight excluding hydrogens is 286 g/mol. The molecule has 0 N–H and O–H groups in total. The Hall–Kier alpha value is -0.160. The van der Waals surface area contributed by atoms with Gasteiger partial charge in [-0.1, -0.05) is 30.3 Å². The Morgan fingerprint density at radius 3 is 2.15 bits per heavy atom. The van der Waals surface area contributed by atoms with Crippen LogP contribution < -0.4 is 34.5 Å². The average Bonchev–Trinajstić information content (AvgIpc) is 2.28. The molecule has 0 aliphatic carbocycles. The van der Waals surface area contributed by atoms with Crippen LogP contribution in [0.5, 0.6) is 0 Å². The predicted octanol–water partition coefficient (Wildman–Crippen LogP) is -1.67. The van der Waals surface area contributed by atoms with Crippen molar-refractivity contribution < 1.29 is 43.8 Å². The van der Waals surface area contributed by atoms with Gasteiger partial charge >= 0.3 is 29.6 Å². The molecule has 1 amide bonds. The largest absolute Gasteiger partial charge is 1.00 e. The third-order valence-electron chi connectivity index (χ3n) is 2.81. The molecule has 0 heterocycles. The van der Waals surface area contributed by atoms with E-state index in [1.54, 1.807) is 43.3 Å². The number of benzene rings is 1. The van der Waals surface area contributed by atoms with Crippen LogP contribution in [0.15, 0.2) is 30.3 Å². The van der Waals surface area contributed by atoms with Crippen LogP contribution in [0.4, 0.5) is 0 Å². The molecule has 1 aromatic carbocycles. The van der Waals surface area contributed by atoms with E-state index in [0.717, 1.165) is 0 Å². The van der Waals surface area contributed by atoms with Crippen molar-refractivity contribution in [2.45, 2.75) is 12.7 Å². The SMILES string of the molecule is CC(=O)N(C)C(c1ccccc1)P(=O)([O-])CN(C)C.[Na+]. The van der Waals surface area contributed by atoms with Gasteiger partial charge in [0.15, 0.2) is 0 Å². The summed E-state index contributed by atoms with van der Waals surface area (Å²) in [5.41, 5.74) is 0.611. The van der Waals surface area contributed by atoms with Crippen LogP contribution in [0.1, 0.15) is 18.3 Å². The van der Waals surface area contributed by atoms with E-state index in [2.05, 4.69) is 0 Å². The summed E-state index contributed by atoms with van der Waals surface area (Å²) in [6, 6.07) is 8.81. The molecule has 0 radical (unpaired) electrons. The summed E-state index contributed by atoms with van der Waals surface area (Å²) in [4.78, 5) is 26.9. The molecule has 0 aliphatic heterocycles.